The van der Waals surface area contributed by atoms with Gasteiger partial charge in [-0.3, -0.25) is 9.69 Å². The average Bonchev–Trinajstić information content (AvgIpc) is 2.45. The van der Waals surface area contributed by atoms with Gasteiger partial charge in [-0.05, 0) is 18.9 Å². The number of carboxylic acid groups (broad SMARTS) is 1. The van der Waals surface area contributed by atoms with Crippen LogP contribution in [-0.2, 0) is 4.79 Å². The molecule has 16 heavy (non-hydrogen) atoms. The Morgan fingerprint density at radius 2 is 2.06 bits per heavy atom. The zero-order chi connectivity index (χ0) is 12.5. The van der Waals surface area contributed by atoms with Gasteiger partial charge in [-0.15, -0.1) is 0 Å². The van der Waals surface area contributed by atoms with E-state index in [1.807, 2.05) is 13.8 Å². The summed E-state index contributed by atoms with van der Waals surface area (Å²) >= 11 is 0. The van der Waals surface area contributed by atoms with Gasteiger partial charge in [0.05, 0.1) is 5.92 Å². The Hall–Kier alpha value is -0.780. The van der Waals surface area contributed by atoms with Gasteiger partial charge in [-0.1, -0.05) is 13.8 Å². The summed E-state index contributed by atoms with van der Waals surface area (Å²) in [5.74, 6) is -2.58. The lowest BCUT2D eigenvalue weighted by atomic mass is 10.00. The number of carbonyl (C=O) groups is 1. The molecular formula is C10H16F3NO2. The predicted molar refractivity (Wildman–Crippen MR) is 52.0 cm³/mol. The second-order valence-corrected chi connectivity index (χ2v) is 4.61. The van der Waals surface area contributed by atoms with Gasteiger partial charge < -0.3 is 5.11 Å². The van der Waals surface area contributed by atoms with Crippen LogP contribution in [0.5, 0.6) is 0 Å². The molecule has 0 aromatic carbocycles. The highest BCUT2D eigenvalue weighted by atomic mass is 19.4. The summed E-state index contributed by atoms with van der Waals surface area (Å²) in [4.78, 5) is 12.0. The van der Waals surface area contributed by atoms with E-state index < -0.39 is 24.1 Å². The van der Waals surface area contributed by atoms with E-state index in [2.05, 4.69) is 0 Å². The maximum Gasteiger partial charge on any atom is 0.404 e. The van der Waals surface area contributed by atoms with Crippen LogP contribution in [0.1, 0.15) is 20.3 Å². The first kappa shape index (κ1) is 13.3. The number of rotatable bonds is 3. The number of hydrogen-bond acceptors (Lipinski definition) is 2. The third-order valence-corrected chi connectivity index (χ3v) is 2.75. The summed E-state index contributed by atoms with van der Waals surface area (Å²) in [5.41, 5.74) is 0. The smallest absolute Gasteiger partial charge is 0.404 e. The first-order chi connectivity index (χ1) is 7.23. The molecule has 0 saturated carbocycles. The minimum atomic E-state index is -4.46. The van der Waals surface area contributed by atoms with Crippen LogP contribution in [0.15, 0.2) is 0 Å². The lowest BCUT2D eigenvalue weighted by molar-refractivity contribution is -0.192. The van der Waals surface area contributed by atoms with Crippen LogP contribution in [0.4, 0.5) is 13.2 Å². The summed E-state index contributed by atoms with van der Waals surface area (Å²) in [6, 6.07) is -1.83. The minimum Gasteiger partial charge on any atom is -0.481 e. The van der Waals surface area contributed by atoms with Gasteiger partial charge in [0.2, 0.25) is 0 Å². The summed E-state index contributed by atoms with van der Waals surface area (Å²) in [6.07, 6.45) is -4.39. The zero-order valence-corrected chi connectivity index (χ0v) is 9.29. The van der Waals surface area contributed by atoms with Crippen LogP contribution in [0, 0.1) is 11.8 Å². The zero-order valence-electron chi connectivity index (χ0n) is 9.29. The van der Waals surface area contributed by atoms with E-state index in [0.29, 0.717) is 0 Å². The quantitative estimate of drug-likeness (QED) is 0.818. The second kappa shape index (κ2) is 4.61. The number of hydrogen-bond donors (Lipinski definition) is 1. The normalized spacial score (nSPS) is 27.6. The van der Waals surface area contributed by atoms with Crippen molar-refractivity contribution < 1.29 is 23.1 Å². The molecule has 94 valence electrons. The van der Waals surface area contributed by atoms with Gasteiger partial charge in [-0.2, -0.15) is 13.2 Å². The van der Waals surface area contributed by atoms with Gasteiger partial charge in [0.25, 0.3) is 0 Å². The van der Waals surface area contributed by atoms with Gasteiger partial charge in [0.15, 0.2) is 0 Å². The van der Waals surface area contributed by atoms with Crippen molar-refractivity contribution in [2.75, 3.05) is 13.1 Å². The van der Waals surface area contributed by atoms with Crippen molar-refractivity contribution in [3.63, 3.8) is 0 Å². The molecule has 1 heterocycles. The molecule has 0 aromatic rings. The average molecular weight is 239 g/mol. The fourth-order valence-corrected chi connectivity index (χ4v) is 2.22. The topological polar surface area (TPSA) is 40.5 Å². The van der Waals surface area contributed by atoms with Gasteiger partial charge >= 0.3 is 12.1 Å². The Kier molecular flexibility index (Phi) is 3.83. The van der Waals surface area contributed by atoms with Crippen LogP contribution in [0.2, 0.25) is 0 Å². The molecule has 1 N–H and O–H groups in total. The van der Waals surface area contributed by atoms with Crippen LogP contribution in [0.3, 0.4) is 0 Å². The van der Waals surface area contributed by atoms with Crippen LogP contribution in [0.25, 0.3) is 0 Å². The minimum absolute atomic E-state index is 0.0756. The Morgan fingerprint density at radius 1 is 1.50 bits per heavy atom. The Morgan fingerprint density at radius 3 is 2.44 bits per heavy atom. The lowest BCUT2D eigenvalue weighted by Gasteiger charge is -2.29. The van der Waals surface area contributed by atoms with E-state index in [0.717, 1.165) is 0 Å². The molecular weight excluding hydrogens is 223 g/mol. The molecule has 0 aliphatic carbocycles. The van der Waals surface area contributed by atoms with Gasteiger partial charge in [0.1, 0.15) is 6.04 Å². The van der Waals surface area contributed by atoms with Crippen molar-refractivity contribution in [3.05, 3.63) is 0 Å². The third kappa shape index (κ3) is 2.87. The number of likely N-dealkylation sites (tertiary alicyclic amines) is 1. The van der Waals surface area contributed by atoms with E-state index in [4.69, 9.17) is 5.11 Å². The summed E-state index contributed by atoms with van der Waals surface area (Å²) in [5, 5.41) is 8.77. The van der Waals surface area contributed by atoms with Crippen molar-refractivity contribution in [3.8, 4) is 0 Å². The van der Waals surface area contributed by atoms with E-state index in [1.54, 1.807) is 0 Å². The molecule has 1 aliphatic heterocycles. The van der Waals surface area contributed by atoms with E-state index in [1.165, 1.54) is 4.90 Å². The maximum atomic E-state index is 12.8. The third-order valence-electron chi connectivity index (χ3n) is 2.75. The number of carboxylic acids is 1. The lowest BCUT2D eigenvalue weighted by Crippen LogP contribution is -2.47. The molecule has 0 amide bonds. The predicted octanol–water partition coefficient (Wildman–Crippen LogP) is 1.98. The molecule has 0 bridgehead atoms. The van der Waals surface area contributed by atoms with Crippen LogP contribution in [-0.4, -0.2) is 41.3 Å². The second-order valence-electron chi connectivity index (χ2n) is 4.61. The number of aliphatic carboxylic acids is 1. The van der Waals surface area contributed by atoms with E-state index in [9.17, 15) is 18.0 Å². The number of halogens is 3. The Labute approximate surface area is 92.2 Å². The van der Waals surface area contributed by atoms with Crippen molar-refractivity contribution in [2.45, 2.75) is 32.5 Å². The molecule has 0 spiro atoms. The summed E-state index contributed by atoms with van der Waals surface area (Å²) < 4.78 is 38.3. The Bertz CT molecular complexity index is 265. The molecule has 0 aromatic heterocycles. The fourth-order valence-electron chi connectivity index (χ4n) is 2.22. The molecule has 0 radical (unpaired) electrons. The highest BCUT2D eigenvalue weighted by Crippen LogP contribution is 2.37. The Balaban J connectivity index is 2.84. The molecule has 6 heteroatoms. The van der Waals surface area contributed by atoms with Crippen molar-refractivity contribution in [1.29, 1.82) is 0 Å². The van der Waals surface area contributed by atoms with Gasteiger partial charge in [0, 0.05) is 6.54 Å². The fraction of sp³-hybridized carbons (Fsp3) is 0.900. The molecule has 3 nitrogen and oxygen atoms in total. The molecule has 1 saturated heterocycles. The summed E-state index contributed by atoms with van der Waals surface area (Å²) in [7, 11) is 0. The molecule has 1 aliphatic rings. The van der Waals surface area contributed by atoms with Crippen LogP contribution >= 0.6 is 0 Å². The number of alkyl halides is 3. The molecule has 1 rings (SSSR count). The van der Waals surface area contributed by atoms with E-state index in [-0.39, 0.29) is 25.4 Å². The monoisotopic (exact) mass is 239 g/mol. The highest BCUT2D eigenvalue weighted by Gasteiger charge is 2.54. The molecule has 2 atom stereocenters. The van der Waals surface area contributed by atoms with E-state index >= 15 is 0 Å². The highest BCUT2D eigenvalue weighted by molar-refractivity contribution is 5.71. The van der Waals surface area contributed by atoms with Crippen molar-refractivity contribution in [1.82, 2.24) is 4.90 Å². The first-order valence-corrected chi connectivity index (χ1v) is 5.27. The SMILES string of the molecule is CC(C)CN1CC[C@H](C(=O)O)[C@H]1C(F)(F)F. The number of nitrogens with zero attached hydrogens (tertiary/aromatic N) is 1. The van der Waals surface area contributed by atoms with Crippen molar-refractivity contribution in [2.24, 2.45) is 11.8 Å². The maximum absolute atomic E-state index is 12.8. The largest absolute Gasteiger partial charge is 0.481 e. The van der Waals surface area contributed by atoms with Gasteiger partial charge in [-0.25, -0.2) is 0 Å². The standard InChI is InChI=1S/C10H16F3NO2/c1-6(2)5-14-4-3-7(9(15)16)8(14)10(11,12)13/h6-8H,3-5H2,1-2H3,(H,15,16)/t7-,8-/m0/s1. The molecule has 1 fully saturated rings. The molecule has 0 unspecified atom stereocenters. The first-order valence-electron chi connectivity index (χ1n) is 5.27. The van der Waals surface area contributed by atoms with Crippen LogP contribution < -0.4 is 0 Å². The summed E-state index contributed by atoms with van der Waals surface area (Å²) in [6.45, 7) is 4.14. The van der Waals surface area contributed by atoms with Crippen molar-refractivity contribution >= 4 is 5.97 Å².